The topological polar surface area (TPSA) is 152 Å². The van der Waals surface area contributed by atoms with Gasteiger partial charge in [-0.2, -0.15) is 0 Å². The highest BCUT2D eigenvalue weighted by Gasteiger charge is 2.35. The minimum atomic E-state index is -1.25. The van der Waals surface area contributed by atoms with E-state index in [0.717, 1.165) is 0 Å². The number of hydrogen-bond acceptors (Lipinski definition) is 8. The molecule has 0 aliphatic heterocycles. The molecular formula is C17H34N2O7. The second-order valence-electron chi connectivity index (χ2n) is 6.83. The van der Waals surface area contributed by atoms with Gasteiger partial charge >= 0.3 is 6.09 Å². The fourth-order valence-corrected chi connectivity index (χ4v) is 3.07. The number of aliphatic hydroxyl groups is 5. The zero-order chi connectivity index (χ0) is 19.7. The van der Waals surface area contributed by atoms with Gasteiger partial charge in [-0.25, -0.2) is 4.79 Å². The van der Waals surface area contributed by atoms with Crippen LogP contribution in [0.2, 0.25) is 0 Å². The summed E-state index contributed by atoms with van der Waals surface area (Å²) < 4.78 is 4.84. The minimum absolute atomic E-state index is 0.0871. The van der Waals surface area contributed by atoms with Crippen molar-refractivity contribution in [2.24, 2.45) is 0 Å². The zero-order valence-corrected chi connectivity index (χ0v) is 15.5. The third-order valence-corrected chi connectivity index (χ3v) is 4.80. The first-order valence-electron chi connectivity index (χ1n) is 9.37. The standard InChI is InChI=1S/C17H34N2O7/c1-3-10(20)8-14(22)12(19-17(25)26-4-2)9-18-11-6-5-7-13(21)16(24)15(11)23/h10-16,18,20-24H,3-9H2,1-2H3,(H,19,25). The lowest BCUT2D eigenvalue weighted by atomic mass is 10.00. The molecule has 0 radical (unpaired) electrons. The van der Waals surface area contributed by atoms with E-state index in [-0.39, 0.29) is 19.6 Å². The molecule has 0 aromatic heterocycles. The van der Waals surface area contributed by atoms with Crippen LogP contribution in [0.25, 0.3) is 0 Å². The van der Waals surface area contributed by atoms with E-state index in [9.17, 15) is 30.3 Å². The van der Waals surface area contributed by atoms with Crippen molar-refractivity contribution in [1.82, 2.24) is 10.6 Å². The molecule has 9 heteroatoms. The number of rotatable bonds is 9. The molecule has 7 atom stereocenters. The largest absolute Gasteiger partial charge is 0.450 e. The fraction of sp³-hybridized carbons (Fsp3) is 0.941. The summed E-state index contributed by atoms with van der Waals surface area (Å²) >= 11 is 0. The molecule has 1 fully saturated rings. The van der Waals surface area contributed by atoms with Crippen molar-refractivity contribution >= 4 is 6.09 Å². The highest BCUT2D eigenvalue weighted by Crippen LogP contribution is 2.19. The second-order valence-corrected chi connectivity index (χ2v) is 6.83. The smallest absolute Gasteiger partial charge is 0.407 e. The van der Waals surface area contributed by atoms with Gasteiger partial charge in [0, 0.05) is 19.0 Å². The van der Waals surface area contributed by atoms with E-state index in [1.165, 1.54) is 0 Å². The van der Waals surface area contributed by atoms with Crippen molar-refractivity contribution in [3.05, 3.63) is 0 Å². The maximum atomic E-state index is 11.7. The average molecular weight is 378 g/mol. The van der Waals surface area contributed by atoms with Crippen molar-refractivity contribution < 1.29 is 35.1 Å². The third kappa shape index (κ3) is 7.34. The van der Waals surface area contributed by atoms with Crippen LogP contribution >= 0.6 is 0 Å². The zero-order valence-electron chi connectivity index (χ0n) is 15.5. The second kappa shape index (κ2) is 11.7. The van der Waals surface area contributed by atoms with Crippen LogP contribution in [-0.4, -0.2) is 87.4 Å². The van der Waals surface area contributed by atoms with Crippen molar-refractivity contribution in [2.45, 2.75) is 88.6 Å². The molecule has 0 saturated heterocycles. The molecule has 0 spiro atoms. The highest BCUT2D eigenvalue weighted by atomic mass is 16.5. The number of ether oxygens (including phenoxy) is 1. The predicted octanol–water partition coefficient (Wildman–Crippen LogP) is -1.15. The average Bonchev–Trinajstić information content (AvgIpc) is 2.72. The van der Waals surface area contributed by atoms with Crippen molar-refractivity contribution in [3.63, 3.8) is 0 Å². The summed E-state index contributed by atoms with van der Waals surface area (Å²) in [5, 5.41) is 55.6. The quantitative estimate of drug-likeness (QED) is 0.248. The van der Waals surface area contributed by atoms with E-state index in [1.54, 1.807) is 13.8 Å². The van der Waals surface area contributed by atoms with Gasteiger partial charge in [0.15, 0.2) is 0 Å². The number of nitrogens with one attached hydrogen (secondary N) is 2. The molecule has 9 nitrogen and oxygen atoms in total. The van der Waals surface area contributed by atoms with Gasteiger partial charge < -0.3 is 40.9 Å². The van der Waals surface area contributed by atoms with E-state index in [2.05, 4.69) is 10.6 Å². The first kappa shape index (κ1) is 23.1. The van der Waals surface area contributed by atoms with Crippen LogP contribution in [0.1, 0.15) is 46.0 Å². The van der Waals surface area contributed by atoms with E-state index in [0.29, 0.717) is 25.7 Å². The molecule has 7 N–H and O–H groups in total. The van der Waals surface area contributed by atoms with Gasteiger partial charge in [0.1, 0.15) is 6.10 Å². The molecule has 1 saturated carbocycles. The van der Waals surface area contributed by atoms with Crippen LogP contribution in [0, 0.1) is 0 Å². The number of aliphatic hydroxyl groups excluding tert-OH is 5. The highest BCUT2D eigenvalue weighted by molar-refractivity contribution is 5.67. The van der Waals surface area contributed by atoms with Gasteiger partial charge in [0.25, 0.3) is 0 Å². The lowest BCUT2D eigenvalue weighted by Crippen LogP contribution is -2.55. The lowest BCUT2D eigenvalue weighted by Gasteiger charge is -2.30. The van der Waals surface area contributed by atoms with Gasteiger partial charge in [-0.05, 0) is 32.6 Å². The van der Waals surface area contributed by atoms with Crippen LogP contribution in [0.4, 0.5) is 4.79 Å². The Hall–Kier alpha value is -0.970. The first-order valence-corrected chi connectivity index (χ1v) is 9.37. The Balaban J connectivity index is 2.69. The van der Waals surface area contributed by atoms with Crippen molar-refractivity contribution in [1.29, 1.82) is 0 Å². The summed E-state index contributed by atoms with van der Waals surface area (Å²) in [5.74, 6) is 0. The number of hydrogen-bond donors (Lipinski definition) is 7. The predicted molar refractivity (Wildman–Crippen MR) is 94.5 cm³/mol. The summed E-state index contributed by atoms with van der Waals surface area (Å²) in [5.41, 5.74) is 0. The normalized spacial score (nSPS) is 30.1. The van der Waals surface area contributed by atoms with Crippen LogP contribution in [0.15, 0.2) is 0 Å². The van der Waals surface area contributed by atoms with E-state index in [1.807, 2.05) is 0 Å². The number of alkyl carbamates (subject to hydrolysis) is 1. The van der Waals surface area contributed by atoms with Gasteiger partial charge in [-0.3, -0.25) is 0 Å². The Labute approximate surface area is 154 Å². The molecule has 26 heavy (non-hydrogen) atoms. The van der Waals surface area contributed by atoms with Crippen LogP contribution in [0.5, 0.6) is 0 Å². The van der Waals surface area contributed by atoms with Gasteiger partial charge in [0.05, 0.1) is 37.1 Å². The lowest BCUT2D eigenvalue weighted by molar-refractivity contribution is -0.0651. The van der Waals surface area contributed by atoms with Crippen molar-refractivity contribution in [2.75, 3.05) is 13.2 Å². The summed E-state index contributed by atoms with van der Waals surface area (Å²) in [6.07, 6.45) is -3.66. The molecule has 0 bridgehead atoms. The van der Waals surface area contributed by atoms with Crippen LogP contribution < -0.4 is 10.6 Å². The fourth-order valence-electron chi connectivity index (χ4n) is 3.07. The number of carbonyl (C=O) groups is 1. The molecule has 0 heterocycles. The first-order chi connectivity index (χ1) is 12.3. The minimum Gasteiger partial charge on any atom is -0.450 e. The summed E-state index contributed by atoms with van der Waals surface area (Å²) in [6, 6.07) is -1.23. The molecule has 1 amide bonds. The summed E-state index contributed by atoms with van der Waals surface area (Å²) in [6.45, 7) is 3.75. The number of amides is 1. The Morgan fingerprint density at radius 3 is 2.46 bits per heavy atom. The van der Waals surface area contributed by atoms with E-state index < -0.39 is 48.7 Å². The Morgan fingerprint density at radius 1 is 1.15 bits per heavy atom. The van der Waals surface area contributed by atoms with Gasteiger partial charge in [-0.1, -0.05) is 6.92 Å². The Morgan fingerprint density at radius 2 is 1.85 bits per heavy atom. The molecule has 1 aliphatic rings. The van der Waals surface area contributed by atoms with Gasteiger partial charge in [-0.15, -0.1) is 0 Å². The molecule has 7 unspecified atom stereocenters. The maximum Gasteiger partial charge on any atom is 0.407 e. The molecule has 1 aliphatic carbocycles. The summed E-state index contributed by atoms with van der Waals surface area (Å²) in [7, 11) is 0. The maximum absolute atomic E-state index is 11.7. The Bertz CT molecular complexity index is 413. The monoisotopic (exact) mass is 378 g/mol. The summed E-state index contributed by atoms with van der Waals surface area (Å²) in [4.78, 5) is 11.7. The van der Waals surface area contributed by atoms with E-state index >= 15 is 0 Å². The Kier molecular flexibility index (Phi) is 10.4. The van der Waals surface area contributed by atoms with Crippen molar-refractivity contribution in [3.8, 4) is 0 Å². The SMILES string of the molecule is CCOC(=O)NC(CNC1CCCC(O)C(O)C1O)C(O)CC(O)CC. The molecule has 0 aromatic rings. The van der Waals surface area contributed by atoms with E-state index in [4.69, 9.17) is 4.74 Å². The molecular weight excluding hydrogens is 344 g/mol. The molecule has 1 rings (SSSR count). The molecule has 154 valence electrons. The van der Waals surface area contributed by atoms with Crippen LogP contribution in [0.3, 0.4) is 0 Å². The molecule has 0 aromatic carbocycles. The van der Waals surface area contributed by atoms with Crippen LogP contribution in [-0.2, 0) is 4.74 Å². The van der Waals surface area contributed by atoms with Gasteiger partial charge in [0.2, 0.25) is 0 Å². The number of carbonyl (C=O) groups excluding carboxylic acids is 1. The third-order valence-electron chi connectivity index (χ3n) is 4.80.